The Morgan fingerprint density at radius 2 is 2.15 bits per heavy atom. The summed E-state index contributed by atoms with van der Waals surface area (Å²) in [4.78, 5) is 22.9. The predicted octanol–water partition coefficient (Wildman–Crippen LogP) is 2.35. The van der Waals surface area contributed by atoms with Gasteiger partial charge in [0.1, 0.15) is 0 Å². The number of H-pyrrole nitrogens is 3. The molecule has 0 saturated heterocycles. The number of carbonyl (C=O) groups is 1. The molecule has 7 heteroatoms. The van der Waals surface area contributed by atoms with Crippen LogP contribution >= 0.6 is 0 Å². The zero-order chi connectivity index (χ0) is 17.5. The first-order chi connectivity index (χ1) is 12.8. The summed E-state index contributed by atoms with van der Waals surface area (Å²) < 4.78 is 0. The van der Waals surface area contributed by atoms with E-state index in [-0.39, 0.29) is 5.91 Å². The molecule has 4 aromatic rings. The number of amides is 1. The van der Waals surface area contributed by atoms with Gasteiger partial charge in [-0.1, -0.05) is 6.07 Å². The molecule has 1 aliphatic carbocycles. The number of carbonyl (C=O) groups excluding carboxylic acids is 1. The van der Waals surface area contributed by atoms with Gasteiger partial charge in [0, 0.05) is 41.3 Å². The Bertz CT molecular complexity index is 1090. The average Bonchev–Trinajstić information content (AvgIpc) is 3.39. The summed E-state index contributed by atoms with van der Waals surface area (Å²) in [6, 6.07) is 5.86. The molecule has 0 atom stereocenters. The second-order valence-corrected chi connectivity index (χ2v) is 6.59. The topological polar surface area (TPSA) is 102 Å². The Morgan fingerprint density at radius 3 is 3.04 bits per heavy atom. The quantitative estimate of drug-likeness (QED) is 0.456. The highest BCUT2D eigenvalue weighted by Gasteiger charge is 2.22. The van der Waals surface area contributed by atoms with Crippen molar-refractivity contribution in [2.24, 2.45) is 0 Å². The lowest BCUT2D eigenvalue weighted by atomic mass is 9.94. The molecule has 7 nitrogen and oxygen atoms in total. The van der Waals surface area contributed by atoms with Crippen LogP contribution in [0.4, 0.5) is 0 Å². The summed E-state index contributed by atoms with van der Waals surface area (Å²) in [5, 5.41) is 11.4. The Hall–Kier alpha value is -3.35. The summed E-state index contributed by atoms with van der Waals surface area (Å²) >= 11 is 0. The first kappa shape index (κ1) is 14.9. The van der Waals surface area contributed by atoms with Crippen LogP contribution in [0, 0.1) is 0 Å². The maximum atomic E-state index is 12.5. The zero-order valence-electron chi connectivity index (χ0n) is 14.1. The Kier molecular flexibility index (Phi) is 3.38. The molecular weight excluding hydrogens is 328 g/mol. The third kappa shape index (κ3) is 2.40. The normalized spacial score (nSPS) is 12.8. The Morgan fingerprint density at radius 1 is 1.19 bits per heavy atom. The maximum absolute atomic E-state index is 12.5. The van der Waals surface area contributed by atoms with Gasteiger partial charge in [-0.3, -0.25) is 9.89 Å². The summed E-state index contributed by atoms with van der Waals surface area (Å²) in [5.74, 6) is -0.0683. The van der Waals surface area contributed by atoms with Gasteiger partial charge in [0.05, 0.1) is 23.9 Å². The molecule has 0 aliphatic heterocycles. The van der Waals surface area contributed by atoms with Gasteiger partial charge in [-0.05, 0) is 36.1 Å². The number of aromatic nitrogens is 5. The van der Waals surface area contributed by atoms with E-state index in [0.29, 0.717) is 12.1 Å². The Balaban J connectivity index is 1.39. The van der Waals surface area contributed by atoms with Gasteiger partial charge in [-0.25, -0.2) is 4.98 Å². The number of aromatic amines is 3. The zero-order valence-corrected chi connectivity index (χ0v) is 14.1. The van der Waals surface area contributed by atoms with E-state index < -0.39 is 0 Å². The largest absolute Gasteiger partial charge is 0.353 e. The first-order valence-corrected chi connectivity index (χ1v) is 8.72. The monoisotopic (exact) mass is 346 g/mol. The highest BCUT2D eigenvalue weighted by Crippen LogP contribution is 2.36. The smallest absolute Gasteiger partial charge is 0.251 e. The fourth-order valence-corrected chi connectivity index (χ4v) is 3.68. The standard InChI is InChI=1S/C19H18N6O/c26-19(21-6-5-13-9-20-10-22-13)11-1-3-14-15-4-2-12-8-23-25-17(12)18(15)24-16(14)7-11/h1,3,7-10,24H,2,4-6H2,(H,20,22)(H,21,26)(H,23,25). The van der Waals surface area contributed by atoms with E-state index in [2.05, 4.69) is 30.5 Å². The minimum absolute atomic E-state index is 0.0683. The van der Waals surface area contributed by atoms with Gasteiger partial charge in [0.25, 0.3) is 5.91 Å². The van der Waals surface area contributed by atoms with E-state index in [4.69, 9.17) is 0 Å². The summed E-state index contributed by atoms with van der Waals surface area (Å²) in [7, 11) is 0. The molecule has 5 rings (SSSR count). The van der Waals surface area contributed by atoms with E-state index in [1.165, 1.54) is 16.5 Å². The van der Waals surface area contributed by atoms with Gasteiger partial charge in [-0.2, -0.15) is 5.10 Å². The third-order valence-corrected chi connectivity index (χ3v) is 5.02. The molecule has 26 heavy (non-hydrogen) atoms. The number of hydrogen-bond acceptors (Lipinski definition) is 3. The molecule has 0 fully saturated rings. The second-order valence-electron chi connectivity index (χ2n) is 6.59. The van der Waals surface area contributed by atoms with Crippen molar-refractivity contribution in [3.05, 3.63) is 59.3 Å². The fraction of sp³-hybridized carbons (Fsp3) is 0.211. The lowest BCUT2D eigenvalue weighted by Crippen LogP contribution is -2.25. The number of nitrogens with one attached hydrogen (secondary N) is 4. The molecule has 1 aliphatic rings. The van der Waals surface area contributed by atoms with Crippen LogP contribution in [0.25, 0.3) is 22.3 Å². The molecule has 130 valence electrons. The molecule has 1 amide bonds. The van der Waals surface area contributed by atoms with Crippen molar-refractivity contribution in [1.82, 2.24) is 30.5 Å². The van der Waals surface area contributed by atoms with E-state index in [0.717, 1.165) is 41.9 Å². The summed E-state index contributed by atoms with van der Waals surface area (Å²) in [5.41, 5.74) is 7.34. The van der Waals surface area contributed by atoms with Crippen LogP contribution in [0.3, 0.4) is 0 Å². The average molecular weight is 346 g/mol. The van der Waals surface area contributed by atoms with Gasteiger partial charge < -0.3 is 15.3 Å². The van der Waals surface area contributed by atoms with Crippen molar-refractivity contribution in [3.63, 3.8) is 0 Å². The van der Waals surface area contributed by atoms with Crippen molar-refractivity contribution in [3.8, 4) is 11.4 Å². The first-order valence-electron chi connectivity index (χ1n) is 8.72. The van der Waals surface area contributed by atoms with Crippen molar-refractivity contribution < 1.29 is 4.79 Å². The molecule has 4 N–H and O–H groups in total. The van der Waals surface area contributed by atoms with Gasteiger partial charge in [-0.15, -0.1) is 0 Å². The van der Waals surface area contributed by atoms with Crippen molar-refractivity contribution in [1.29, 1.82) is 0 Å². The number of imidazole rings is 1. The molecule has 0 saturated carbocycles. The summed E-state index contributed by atoms with van der Waals surface area (Å²) in [6.07, 6.45) is 8.00. The molecule has 1 aromatic carbocycles. The number of fused-ring (bicyclic) bond motifs is 5. The van der Waals surface area contributed by atoms with Crippen LogP contribution in [0.1, 0.15) is 27.2 Å². The van der Waals surface area contributed by atoms with Crippen molar-refractivity contribution >= 4 is 16.8 Å². The summed E-state index contributed by atoms with van der Waals surface area (Å²) in [6.45, 7) is 0.567. The van der Waals surface area contributed by atoms with Crippen LogP contribution < -0.4 is 5.32 Å². The highest BCUT2D eigenvalue weighted by atomic mass is 16.1. The van der Waals surface area contributed by atoms with Gasteiger partial charge in [0.15, 0.2) is 0 Å². The lowest BCUT2D eigenvalue weighted by Gasteiger charge is -2.11. The van der Waals surface area contributed by atoms with E-state index >= 15 is 0 Å². The number of benzene rings is 1. The van der Waals surface area contributed by atoms with Crippen LogP contribution in [-0.2, 0) is 19.3 Å². The van der Waals surface area contributed by atoms with Gasteiger partial charge in [0.2, 0.25) is 0 Å². The third-order valence-electron chi connectivity index (χ3n) is 5.02. The number of rotatable bonds is 4. The minimum atomic E-state index is -0.0683. The number of nitrogens with zero attached hydrogens (tertiary/aromatic N) is 2. The van der Waals surface area contributed by atoms with Crippen LogP contribution in [0.15, 0.2) is 36.9 Å². The maximum Gasteiger partial charge on any atom is 0.251 e. The van der Waals surface area contributed by atoms with Gasteiger partial charge >= 0.3 is 0 Å². The molecule has 3 heterocycles. The molecule has 0 spiro atoms. The predicted molar refractivity (Wildman–Crippen MR) is 97.9 cm³/mol. The highest BCUT2D eigenvalue weighted by molar-refractivity contribution is 6.00. The van der Waals surface area contributed by atoms with E-state index in [1.807, 2.05) is 24.4 Å². The van der Waals surface area contributed by atoms with Crippen LogP contribution in [-0.4, -0.2) is 37.6 Å². The molecule has 0 radical (unpaired) electrons. The molecule has 0 unspecified atom stereocenters. The molecule has 0 bridgehead atoms. The Labute approximate surface area is 149 Å². The van der Waals surface area contributed by atoms with Crippen molar-refractivity contribution in [2.45, 2.75) is 19.3 Å². The number of aryl methyl sites for hydroxylation is 2. The minimum Gasteiger partial charge on any atom is -0.353 e. The SMILES string of the molecule is O=C(NCCc1cnc[nH]1)c1ccc2c3c([nH]c2c1)-c1[nH]ncc1CC3. The second kappa shape index (κ2) is 5.87. The van der Waals surface area contributed by atoms with E-state index in [9.17, 15) is 4.79 Å². The molecule has 3 aromatic heterocycles. The lowest BCUT2D eigenvalue weighted by molar-refractivity contribution is 0.0954. The molecular formula is C19H18N6O. The fourth-order valence-electron chi connectivity index (χ4n) is 3.68. The number of hydrogen-bond donors (Lipinski definition) is 4. The van der Waals surface area contributed by atoms with Crippen LogP contribution in [0.2, 0.25) is 0 Å². The van der Waals surface area contributed by atoms with Crippen molar-refractivity contribution in [2.75, 3.05) is 6.54 Å². The van der Waals surface area contributed by atoms with E-state index in [1.54, 1.807) is 12.5 Å². The van der Waals surface area contributed by atoms with Crippen LogP contribution in [0.5, 0.6) is 0 Å².